The van der Waals surface area contributed by atoms with Crippen LogP contribution in [0.2, 0.25) is 5.28 Å². The van der Waals surface area contributed by atoms with Crippen LogP contribution in [0.3, 0.4) is 0 Å². The van der Waals surface area contributed by atoms with E-state index in [0.717, 1.165) is 11.8 Å². The zero-order valence-corrected chi connectivity index (χ0v) is 11.5. The van der Waals surface area contributed by atoms with E-state index in [4.69, 9.17) is 11.6 Å². The molecular weight excluding hydrogens is 304 g/mol. The number of benzene rings is 1. The standard InChI is InChI=1S/C13H12ClF2N3O2/c14-12-17-6-10(21-13(15)16)11(19-12)18-9(7-20)8-4-2-1-3-5-8/h1-6,9,13,20H,7H2,(H,17,18,19). The van der Waals surface area contributed by atoms with E-state index >= 15 is 0 Å². The average Bonchev–Trinajstić information content (AvgIpc) is 2.48. The maximum absolute atomic E-state index is 12.4. The second-order valence-electron chi connectivity index (χ2n) is 4.02. The largest absolute Gasteiger partial charge is 0.429 e. The lowest BCUT2D eigenvalue weighted by Crippen LogP contribution is -2.17. The first-order chi connectivity index (χ1) is 10.1. The molecule has 0 aliphatic heterocycles. The van der Waals surface area contributed by atoms with Crippen LogP contribution in [-0.4, -0.2) is 28.3 Å². The van der Waals surface area contributed by atoms with Crippen molar-refractivity contribution >= 4 is 17.4 Å². The van der Waals surface area contributed by atoms with E-state index in [9.17, 15) is 13.9 Å². The summed E-state index contributed by atoms with van der Waals surface area (Å²) < 4.78 is 29.0. The molecule has 1 aromatic carbocycles. The van der Waals surface area contributed by atoms with Crippen molar-refractivity contribution in [2.24, 2.45) is 0 Å². The van der Waals surface area contributed by atoms with Crippen molar-refractivity contribution < 1.29 is 18.6 Å². The fraction of sp³-hybridized carbons (Fsp3) is 0.231. The summed E-state index contributed by atoms with van der Waals surface area (Å²) in [5.41, 5.74) is 0.762. The van der Waals surface area contributed by atoms with Gasteiger partial charge < -0.3 is 15.2 Å². The van der Waals surface area contributed by atoms with E-state index in [0.29, 0.717) is 0 Å². The molecule has 2 aromatic rings. The van der Waals surface area contributed by atoms with Gasteiger partial charge in [0.2, 0.25) is 5.28 Å². The molecule has 112 valence electrons. The van der Waals surface area contributed by atoms with Crippen LogP contribution in [0.1, 0.15) is 11.6 Å². The van der Waals surface area contributed by atoms with Gasteiger partial charge in [-0.3, -0.25) is 0 Å². The quantitative estimate of drug-likeness (QED) is 0.802. The van der Waals surface area contributed by atoms with Gasteiger partial charge in [-0.15, -0.1) is 0 Å². The van der Waals surface area contributed by atoms with E-state index in [1.807, 2.05) is 6.07 Å². The summed E-state index contributed by atoms with van der Waals surface area (Å²) in [5.74, 6) is -0.262. The Bertz CT molecular complexity index is 587. The Morgan fingerprint density at radius 1 is 1.29 bits per heavy atom. The number of hydrogen-bond donors (Lipinski definition) is 2. The van der Waals surface area contributed by atoms with Crippen molar-refractivity contribution in [1.82, 2.24) is 9.97 Å². The van der Waals surface area contributed by atoms with Crippen molar-refractivity contribution in [3.05, 3.63) is 47.4 Å². The lowest BCUT2D eigenvalue weighted by Gasteiger charge is -2.19. The number of alkyl halides is 2. The highest BCUT2D eigenvalue weighted by Gasteiger charge is 2.17. The minimum atomic E-state index is -3.01. The van der Waals surface area contributed by atoms with Crippen LogP contribution in [0, 0.1) is 0 Å². The fourth-order valence-electron chi connectivity index (χ4n) is 1.72. The molecule has 0 aliphatic carbocycles. The van der Waals surface area contributed by atoms with E-state index in [-0.39, 0.29) is 23.5 Å². The predicted octanol–water partition coefficient (Wildman–Crippen LogP) is 2.88. The molecule has 0 saturated carbocycles. The van der Waals surface area contributed by atoms with Crippen LogP contribution in [0.5, 0.6) is 5.75 Å². The molecule has 1 unspecified atom stereocenters. The van der Waals surface area contributed by atoms with Crippen molar-refractivity contribution in [3.63, 3.8) is 0 Å². The molecule has 0 aliphatic rings. The third-order valence-corrected chi connectivity index (χ3v) is 2.82. The Labute approximate surface area is 124 Å². The number of nitrogens with one attached hydrogen (secondary N) is 1. The zero-order valence-electron chi connectivity index (χ0n) is 10.7. The molecule has 1 aromatic heterocycles. The number of aromatic nitrogens is 2. The molecule has 0 fully saturated rings. The minimum Gasteiger partial charge on any atom is -0.429 e. The van der Waals surface area contributed by atoms with Gasteiger partial charge in [0.1, 0.15) is 0 Å². The van der Waals surface area contributed by atoms with Crippen LogP contribution in [0.4, 0.5) is 14.6 Å². The Hall–Kier alpha value is -1.99. The Balaban J connectivity index is 2.26. The van der Waals surface area contributed by atoms with E-state index in [2.05, 4.69) is 20.0 Å². The van der Waals surface area contributed by atoms with E-state index < -0.39 is 12.7 Å². The monoisotopic (exact) mass is 315 g/mol. The fourth-order valence-corrected chi connectivity index (χ4v) is 1.85. The van der Waals surface area contributed by atoms with Crippen LogP contribution in [-0.2, 0) is 0 Å². The second-order valence-corrected chi connectivity index (χ2v) is 4.36. The number of ether oxygens (including phenoxy) is 1. The maximum atomic E-state index is 12.4. The number of aliphatic hydroxyl groups excluding tert-OH is 1. The first-order valence-corrected chi connectivity index (χ1v) is 6.37. The molecule has 0 radical (unpaired) electrons. The third kappa shape index (κ3) is 4.24. The molecule has 0 amide bonds. The van der Waals surface area contributed by atoms with E-state index in [1.165, 1.54) is 0 Å². The molecule has 2 N–H and O–H groups in total. The summed E-state index contributed by atoms with van der Waals surface area (Å²) in [6.07, 6.45) is 1.04. The minimum absolute atomic E-state index is 0.0156. The predicted molar refractivity (Wildman–Crippen MR) is 73.6 cm³/mol. The Kier molecular flexibility index (Phi) is 5.24. The number of hydrogen-bond acceptors (Lipinski definition) is 5. The van der Waals surface area contributed by atoms with Crippen LogP contribution >= 0.6 is 11.6 Å². The van der Waals surface area contributed by atoms with Gasteiger partial charge in [0.15, 0.2) is 11.6 Å². The number of aliphatic hydroxyl groups is 1. The summed E-state index contributed by atoms with van der Waals surface area (Å²) in [6.45, 7) is -3.28. The third-order valence-electron chi connectivity index (χ3n) is 2.64. The number of halogens is 3. The SMILES string of the molecule is OCC(Nc1nc(Cl)ncc1OC(F)F)c1ccccc1. The van der Waals surface area contributed by atoms with Gasteiger partial charge in [-0.2, -0.15) is 13.8 Å². The highest BCUT2D eigenvalue weighted by Crippen LogP contribution is 2.28. The summed E-state index contributed by atoms with van der Waals surface area (Å²) in [7, 11) is 0. The van der Waals surface area contributed by atoms with Gasteiger partial charge >= 0.3 is 6.61 Å². The zero-order chi connectivity index (χ0) is 15.2. The molecule has 8 heteroatoms. The highest BCUT2D eigenvalue weighted by molar-refractivity contribution is 6.28. The molecule has 2 rings (SSSR count). The molecule has 21 heavy (non-hydrogen) atoms. The molecule has 0 saturated heterocycles. The molecule has 0 bridgehead atoms. The van der Waals surface area contributed by atoms with Gasteiger partial charge in [0.05, 0.1) is 18.8 Å². The number of nitrogens with zero attached hydrogens (tertiary/aromatic N) is 2. The lowest BCUT2D eigenvalue weighted by atomic mass is 10.1. The van der Waals surface area contributed by atoms with Gasteiger partial charge in [0.25, 0.3) is 0 Å². The number of anilines is 1. The maximum Gasteiger partial charge on any atom is 0.387 e. The smallest absolute Gasteiger partial charge is 0.387 e. The number of rotatable bonds is 6. The highest BCUT2D eigenvalue weighted by atomic mass is 35.5. The topological polar surface area (TPSA) is 67.3 Å². The molecule has 5 nitrogen and oxygen atoms in total. The Morgan fingerprint density at radius 3 is 2.62 bits per heavy atom. The Morgan fingerprint density at radius 2 is 2.00 bits per heavy atom. The summed E-state index contributed by atoms with van der Waals surface area (Å²) in [4.78, 5) is 7.41. The van der Waals surface area contributed by atoms with Crippen molar-refractivity contribution in [2.75, 3.05) is 11.9 Å². The van der Waals surface area contributed by atoms with Gasteiger partial charge in [-0.05, 0) is 17.2 Å². The summed E-state index contributed by atoms with van der Waals surface area (Å²) in [6, 6.07) is 8.43. The second kappa shape index (κ2) is 7.14. The molecular formula is C13H12ClF2N3O2. The van der Waals surface area contributed by atoms with Crippen molar-refractivity contribution in [3.8, 4) is 5.75 Å². The molecule has 1 atom stereocenters. The molecule has 0 spiro atoms. The van der Waals surface area contributed by atoms with Gasteiger partial charge in [-0.25, -0.2) is 4.98 Å². The van der Waals surface area contributed by atoms with Gasteiger partial charge in [-0.1, -0.05) is 30.3 Å². The van der Waals surface area contributed by atoms with Crippen LogP contribution < -0.4 is 10.1 Å². The first-order valence-electron chi connectivity index (χ1n) is 6.00. The van der Waals surface area contributed by atoms with Crippen molar-refractivity contribution in [1.29, 1.82) is 0 Å². The summed E-state index contributed by atoms with van der Waals surface area (Å²) >= 11 is 5.66. The van der Waals surface area contributed by atoms with E-state index in [1.54, 1.807) is 24.3 Å². The normalized spacial score (nSPS) is 12.2. The molecule has 1 heterocycles. The van der Waals surface area contributed by atoms with Gasteiger partial charge in [0, 0.05) is 0 Å². The first kappa shape index (κ1) is 15.4. The van der Waals surface area contributed by atoms with Crippen LogP contribution in [0.15, 0.2) is 36.5 Å². The lowest BCUT2D eigenvalue weighted by molar-refractivity contribution is -0.0498. The van der Waals surface area contributed by atoms with Crippen molar-refractivity contribution in [2.45, 2.75) is 12.7 Å². The summed E-state index contributed by atoms with van der Waals surface area (Å²) in [5, 5.41) is 12.1. The van der Waals surface area contributed by atoms with Crippen LogP contribution in [0.25, 0.3) is 0 Å². The average molecular weight is 316 g/mol.